The van der Waals surface area contributed by atoms with Gasteiger partial charge in [-0.25, -0.2) is 0 Å². The highest BCUT2D eigenvalue weighted by molar-refractivity contribution is 6.10. The van der Waals surface area contributed by atoms with Crippen LogP contribution in [0.15, 0.2) is 200 Å². The summed E-state index contributed by atoms with van der Waals surface area (Å²) in [7, 11) is 0. The number of aryl methyl sites for hydroxylation is 2. The summed E-state index contributed by atoms with van der Waals surface area (Å²) >= 11 is 0. The fraction of sp³-hybridized carbons (Fsp3) is 0.119. The second kappa shape index (κ2) is 15.5. The lowest BCUT2D eigenvalue weighted by Crippen LogP contribution is -2.19. The molecule has 11 aromatic rings. The maximum Gasteiger partial charge on any atom is 0.0539 e. The SMILES string of the molecule is CCn1c2ccccc2c2cc(N(Cc3ccccc3)c3ccc4c(c3)c3c(n4-c4ccccc4)CCC(N(c4ccccc4)c4ccc5c(c4)c4ccccc4n5CC)=C3)ccc21. The van der Waals surface area contributed by atoms with Crippen LogP contribution in [0.25, 0.3) is 66.3 Å². The van der Waals surface area contributed by atoms with Gasteiger partial charge >= 0.3 is 0 Å². The molecule has 0 N–H and O–H groups in total. The number of aromatic nitrogens is 3. The van der Waals surface area contributed by atoms with Crippen molar-refractivity contribution in [1.82, 2.24) is 13.7 Å². The van der Waals surface area contributed by atoms with Crippen LogP contribution in [0.3, 0.4) is 0 Å². The smallest absolute Gasteiger partial charge is 0.0539 e. The van der Waals surface area contributed by atoms with Crippen molar-refractivity contribution in [2.24, 2.45) is 0 Å². The molecule has 0 amide bonds. The van der Waals surface area contributed by atoms with E-state index in [9.17, 15) is 0 Å². The molecule has 0 fully saturated rings. The van der Waals surface area contributed by atoms with E-state index in [4.69, 9.17) is 0 Å². The summed E-state index contributed by atoms with van der Waals surface area (Å²) in [5, 5.41) is 6.41. The molecule has 0 bridgehead atoms. The Bertz CT molecular complexity index is 3550. The van der Waals surface area contributed by atoms with Gasteiger partial charge in [0.15, 0.2) is 0 Å². The molecular weight excluding hydrogens is 779 g/mol. The maximum atomic E-state index is 2.51. The molecule has 0 unspecified atom stereocenters. The number of benzene rings is 8. The van der Waals surface area contributed by atoms with Gasteiger partial charge in [0.2, 0.25) is 0 Å². The minimum Gasteiger partial charge on any atom is -0.341 e. The summed E-state index contributed by atoms with van der Waals surface area (Å²) in [5.41, 5.74) is 17.4. The second-order valence-corrected chi connectivity index (χ2v) is 17.0. The first-order valence-electron chi connectivity index (χ1n) is 22.8. The van der Waals surface area contributed by atoms with Gasteiger partial charge < -0.3 is 23.5 Å². The van der Waals surface area contributed by atoms with Gasteiger partial charge in [0.05, 0.1) is 5.52 Å². The van der Waals surface area contributed by atoms with Crippen LogP contribution >= 0.6 is 0 Å². The Labute approximate surface area is 373 Å². The van der Waals surface area contributed by atoms with Gasteiger partial charge in [-0.3, -0.25) is 0 Å². The van der Waals surface area contributed by atoms with Gasteiger partial charge in [-0.1, -0.05) is 103 Å². The van der Waals surface area contributed by atoms with Crippen LogP contribution < -0.4 is 9.80 Å². The van der Waals surface area contributed by atoms with E-state index < -0.39 is 0 Å². The normalized spacial score (nSPS) is 12.7. The van der Waals surface area contributed by atoms with Crippen LogP contribution in [0.2, 0.25) is 0 Å². The number of rotatable bonds is 10. The average molecular weight is 828 g/mol. The third kappa shape index (κ3) is 6.14. The highest BCUT2D eigenvalue weighted by Gasteiger charge is 2.27. The van der Waals surface area contributed by atoms with Crippen molar-refractivity contribution in [3.8, 4) is 5.69 Å². The average Bonchev–Trinajstić information content (AvgIpc) is 3.98. The van der Waals surface area contributed by atoms with E-state index in [2.05, 4.69) is 238 Å². The molecule has 1 aliphatic rings. The number of hydrogen-bond donors (Lipinski definition) is 0. The molecule has 0 atom stereocenters. The summed E-state index contributed by atoms with van der Waals surface area (Å²) in [4.78, 5) is 5.00. The van der Waals surface area contributed by atoms with Gasteiger partial charge in [0, 0.05) is 114 Å². The van der Waals surface area contributed by atoms with Gasteiger partial charge in [-0.05, 0) is 129 Å². The lowest BCUT2D eigenvalue weighted by Gasteiger charge is -2.30. The van der Waals surface area contributed by atoms with E-state index in [0.29, 0.717) is 0 Å². The first kappa shape index (κ1) is 38.0. The Hall–Kier alpha value is -7.76. The first-order chi connectivity index (χ1) is 31.7. The van der Waals surface area contributed by atoms with Crippen molar-refractivity contribution in [1.29, 1.82) is 0 Å². The fourth-order valence-electron chi connectivity index (χ4n) is 10.7. The van der Waals surface area contributed by atoms with Crippen LogP contribution in [0.5, 0.6) is 0 Å². The van der Waals surface area contributed by atoms with E-state index >= 15 is 0 Å². The Morgan fingerprint density at radius 2 is 0.922 bits per heavy atom. The van der Waals surface area contributed by atoms with Gasteiger partial charge in [0.1, 0.15) is 0 Å². The van der Waals surface area contributed by atoms with Crippen molar-refractivity contribution in [2.45, 2.75) is 46.3 Å². The molecule has 0 spiro atoms. The standard InChI is InChI=1S/C59H49N5/c1-3-60-54-26-16-14-24-48(54)50-36-44(28-32-56(50)60)62(40-41-18-8-5-9-19-41)45-29-34-58-52(37-45)53-39-47(31-35-59(53)64(58)43-22-12-7-13-23-43)63(42-20-10-6-11-21-42)46-30-33-57-51(38-46)49-25-15-17-27-55(49)61(57)4-2/h5-30,32-34,36-39H,3-4,31,35,40H2,1-2H3. The number of anilines is 4. The predicted octanol–water partition coefficient (Wildman–Crippen LogP) is 15.3. The topological polar surface area (TPSA) is 21.3 Å². The Kier molecular flexibility index (Phi) is 9.22. The molecule has 3 aromatic heterocycles. The maximum absolute atomic E-state index is 2.51. The fourth-order valence-corrected chi connectivity index (χ4v) is 10.7. The van der Waals surface area contributed by atoms with E-state index in [1.54, 1.807) is 0 Å². The minimum absolute atomic E-state index is 0.742. The first-order valence-corrected chi connectivity index (χ1v) is 22.8. The highest BCUT2D eigenvalue weighted by atomic mass is 15.2. The molecule has 8 aromatic carbocycles. The van der Waals surface area contributed by atoms with E-state index in [1.165, 1.54) is 99.8 Å². The summed E-state index contributed by atoms with van der Waals surface area (Å²) in [6, 6.07) is 71.6. The third-order valence-corrected chi connectivity index (χ3v) is 13.5. The summed E-state index contributed by atoms with van der Waals surface area (Å²) in [6.45, 7) is 7.07. The molecule has 310 valence electrons. The largest absolute Gasteiger partial charge is 0.341 e. The molecule has 12 rings (SSSR count). The van der Waals surface area contributed by atoms with Gasteiger partial charge in [-0.2, -0.15) is 0 Å². The minimum atomic E-state index is 0.742. The zero-order chi connectivity index (χ0) is 42.7. The van der Waals surface area contributed by atoms with Crippen LogP contribution in [0, 0.1) is 0 Å². The van der Waals surface area contributed by atoms with E-state index in [-0.39, 0.29) is 0 Å². The number of allylic oxidation sites excluding steroid dienone is 1. The molecule has 1 aliphatic carbocycles. The Morgan fingerprint density at radius 3 is 1.55 bits per heavy atom. The van der Waals surface area contributed by atoms with Crippen molar-refractivity contribution in [2.75, 3.05) is 9.80 Å². The molecule has 0 radical (unpaired) electrons. The van der Waals surface area contributed by atoms with Crippen LogP contribution in [0.1, 0.15) is 37.1 Å². The Balaban J connectivity index is 1.06. The number of para-hydroxylation sites is 4. The molecule has 0 saturated carbocycles. The zero-order valence-electron chi connectivity index (χ0n) is 36.3. The zero-order valence-corrected chi connectivity index (χ0v) is 36.3. The van der Waals surface area contributed by atoms with E-state index in [1.807, 2.05) is 0 Å². The summed E-state index contributed by atoms with van der Waals surface area (Å²) in [6.07, 6.45) is 4.30. The lowest BCUT2D eigenvalue weighted by molar-refractivity contribution is 0.827. The van der Waals surface area contributed by atoms with Gasteiger partial charge in [0.25, 0.3) is 0 Å². The molecule has 5 heteroatoms. The van der Waals surface area contributed by atoms with Crippen LogP contribution in [0.4, 0.5) is 22.7 Å². The van der Waals surface area contributed by atoms with Crippen molar-refractivity contribution < 1.29 is 0 Å². The third-order valence-electron chi connectivity index (χ3n) is 13.5. The molecule has 3 heterocycles. The second-order valence-electron chi connectivity index (χ2n) is 17.0. The molecule has 0 aliphatic heterocycles. The predicted molar refractivity (Wildman–Crippen MR) is 271 cm³/mol. The van der Waals surface area contributed by atoms with E-state index in [0.717, 1.165) is 38.2 Å². The molecule has 5 nitrogen and oxygen atoms in total. The summed E-state index contributed by atoms with van der Waals surface area (Å²) in [5.74, 6) is 0. The van der Waals surface area contributed by atoms with Crippen LogP contribution in [-0.4, -0.2) is 13.7 Å². The molecular formula is C59H49N5. The molecule has 64 heavy (non-hydrogen) atoms. The van der Waals surface area contributed by atoms with Gasteiger partial charge in [-0.15, -0.1) is 0 Å². The lowest BCUT2D eigenvalue weighted by atomic mass is 9.97. The van der Waals surface area contributed by atoms with Crippen molar-refractivity contribution in [3.63, 3.8) is 0 Å². The number of nitrogens with zero attached hydrogens (tertiary/aromatic N) is 5. The van der Waals surface area contributed by atoms with Crippen molar-refractivity contribution >= 4 is 83.3 Å². The highest BCUT2D eigenvalue weighted by Crippen LogP contribution is 2.44. The summed E-state index contributed by atoms with van der Waals surface area (Å²) < 4.78 is 7.38. The van der Waals surface area contributed by atoms with Crippen LogP contribution in [-0.2, 0) is 26.1 Å². The monoisotopic (exact) mass is 827 g/mol. The van der Waals surface area contributed by atoms with Crippen molar-refractivity contribution in [3.05, 3.63) is 217 Å². The number of fused-ring (bicyclic) bond motifs is 9. The quantitative estimate of drug-likeness (QED) is 0.137. The number of hydrogen-bond acceptors (Lipinski definition) is 2. The Morgan fingerprint density at radius 1 is 0.422 bits per heavy atom. The molecule has 0 saturated heterocycles.